The molecule has 1 aromatic heterocycles. The fourth-order valence-electron chi connectivity index (χ4n) is 5.29. The van der Waals surface area contributed by atoms with E-state index < -0.39 is 18.0 Å². The molecule has 10 nitrogen and oxygen atoms in total. The first kappa shape index (κ1) is 24.0. The highest BCUT2D eigenvalue weighted by molar-refractivity contribution is 5.68. The van der Waals surface area contributed by atoms with Crippen molar-refractivity contribution >= 4 is 6.09 Å². The predicted molar refractivity (Wildman–Crippen MR) is 118 cm³/mol. The Kier molecular flexibility index (Phi) is 6.70. The van der Waals surface area contributed by atoms with Gasteiger partial charge in [0.1, 0.15) is 23.4 Å². The molecule has 1 saturated carbocycles. The Morgan fingerprint density at radius 1 is 1.42 bits per heavy atom. The molecule has 184 valence electrons. The summed E-state index contributed by atoms with van der Waals surface area (Å²) in [6.07, 6.45) is 4.29. The molecule has 2 aliphatic heterocycles. The highest BCUT2D eigenvalue weighted by Crippen LogP contribution is 2.59. The summed E-state index contributed by atoms with van der Waals surface area (Å²) in [5.74, 6) is -0.263. The zero-order valence-corrected chi connectivity index (χ0v) is 20.0. The van der Waals surface area contributed by atoms with Crippen LogP contribution in [0.25, 0.3) is 0 Å². The molecule has 3 aliphatic rings. The van der Waals surface area contributed by atoms with E-state index in [4.69, 9.17) is 18.9 Å². The van der Waals surface area contributed by atoms with Crippen LogP contribution in [0.5, 0.6) is 0 Å². The van der Waals surface area contributed by atoms with Gasteiger partial charge in [-0.3, -0.25) is 9.51 Å². The van der Waals surface area contributed by atoms with Crippen molar-refractivity contribution in [1.29, 1.82) is 0 Å². The van der Waals surface area contributed by atoms with Crippen LogP contribution in [0.1, 0.15) is 59.2 Å². The molecule has 33 heavy (non-hydrogen) atoms. The minimum atomic E-state index is -0.617. The second-order valence-electron chi connectivity index (χ2n) is 9.82. The number of aromatic amines is 1. The summed E-state index contributed by atoms with van der Waals surface area (Å²) in [4.78, 5) is 26.4. The van der Waals surface area contributed by atoms with Crippen LogP contribution in [0.2, 0.25) is 0 Å². The van der Waals surface area contributed by atoms with Crippen LogP contribution < -0.4 is 11.1 Å². The lowest BCUT2D eigenvalue weighted by molar-refractivity contribution is -0.118. The molecular weight excluding hydrogens is 430 g/mol. The Labute approximate surface area is 193 Å². The van der Waals surface area contributed by atoms with Gasteiger partial charge < -0.3 is 24.3 Å². The number of allylic oxidation sites excluding steroid dienone is 1. The zero-order chi connectivity index (χ0) is 23.8. The van der Waals surface area contributed by atoms with Crippen LogP contribution in [0.4, 0.5) is 4.79 Å². The second kappa shape index (κ2) is 9.23. The summed E-state index contributed by atoms with van der Waals surface area (Å²) >= 11 is 0. The number of hydrogen-bond acceptors (Lipinski definition) is 8. The molecule has 1 aliphatic carbocycles. The highest BCUT2D eigenvalue weighted by Gasteiger charge is 2.72. The van der Waals surface area contributed by atoms with Crippen molar-refractivity contribution in [2.75, 3.05) is 13.7 Å². The fourth-order valence-corrected chi connectivity index (χ4v) is 5.29. The minimum absolute atomic E-state index is 0.0284. The van der Waals surface area contributed by atoms with Crippen LogP contribution in [-0.2, 0) is 25.4 Å². The quantitative estimate of drug-likeness (QED) is 0.420. The second-order valence-corrected chi connectivity index (χ2v) is 9.82. The largest absolute Gasteiger partial charge is 0.443 e. The van der Waals surface area contributed by atoms with E-state index in [0.717, 1.165) is 12.8 Å². The van der Waals surface area contributed by atoms with Gasteiger partial charge in [-0.05, 0) is 46.5 Å². The zero-order valence-electron chi connectivity index (χ0n) is 20.0. The van der Waals surface area contributed by atoms with E-state index in [1.165, 1.54) is 5.57 Å². The topological polar surface area (TPSA) is 132 Å². The van der Waals surface area contributed by atoms with Crippen molar-refractivity contribution < 1.29 is 28.3 Å². The smallest absolute Gasteiger partial charge is 0.438 e. The summed E-state index contributed by atoms with van der Waals surface area (Å²) in [6, 6.07) is -0.255. The van der Waals surface area contributed by atoms with Crippen molar-refractivity contribution in [2.24, 2.45) is 5.92 Å². The third-order valence-corrected chi connectivity index (χ3v) is 7.24. The maximum absolute atomic E-state index is 12.8. The maximum Gasteiger partial charge on any atom is 0.438 e. The maximum atomic E-state index is 12.8. The standard InChI is InChI=1S/C23H35N3O7/c1-6-14(11-17-25-21(28)33-26-17)24-20(27)31-15-9-10-23(12-30-23)19(18(15)29-5)22(4)16(32-22)8-7-13(2)3/h7,14-16,18-19H,6,8-12H2,1-5H3,(H,24,27)(H,25,26,28)/t14-,15+,16+,18+,19+,22-,23-/m0/s1. The van der Waals surface area contributed by atoms with Crippen LogP contribution in [0.3, 0.4) is 0 Å². The number of nitrogens with one attached hydrogen (secondary N) is 2. The SMILES string of the molecule is CC[C@@H](Cc1noc(=O)[nH]1)NC(=O)O[C@@H]1CC[C@]2(CO2)[C@@H]([C@@]2(C)O[C@@H]2CC=C(C)C)[C@@H]1OC. The molecule has 4 rings (SSSR count). The Bertz CT molecular complexity index is 932. The van der Waals surface area contributed by atoms with Crippen LogP contribution >= 0.6 is 0 Å². The number of carbonyl (C=O) groups excluding carboxylic acids is 1. The molecule has 2 N–H and O–H groups in total. The van der Waals surface area contributed by atoms with Crippen LogP contribution in [0, 0.1) is 5.92 Å². The predicted octanol–water partition coefficient (Wildman–Crippen LogP) is 2.49. The number of hydrogen-bond donors (Lipinski definition) is 2. The highest BCUT2D eigenvalue weighted by atomic mass is 16.6. The number of aromatic nitrogens is 2. The first-order chi connectivity index (χ1) is 15.7. The number of H-pyrrole nitrogens is 1. The Balaban J connectivity index is 1.41. The monoisotopic (exact) mass is 465 g/mol. The van der Waals surface area contributed by atoms with E-state index in [1.54, 1.807) is 7.11 Å². The lowest BCUT2D eigenvalue weighted by atomic mass is 9.68. The van der Waals surface area contributed by atoms with Gasteiger partial charge in [-0.25, -0.2) is 9.59 Å². The molecule has 10 heteroatoms. The molecule has 2 saturated heterocycles. The van der Waals surface area contributed by atoms with Crippen molar-refractivity contribution in [3.05, 3.63) is 28.0 Å². The van der Waals surface area contributed by atoms with E-state index in [9.17, 15) is 9.59 Å². The first-order valence-electron chi connectivity index (χ1n) is 11.7. The lowest BCUT2D eigenvalue weighted by Crippen LogP contribution is -2.56. The number of carbonyl (C=O) groups is 1. The van der Waals surface area contributed by atoms with Gasteiger partial charge in [-0.2, -0.15) is 0 Å². The van der Waals surface area contributed by atoms with Gasteiger partial charge in [0.2, 0.25) is 0 Å². The van der Waals surface area contributed by atoms with E-state index >= 15 is 0 Å². The van der Waals surface area contributed by atoms with Crippen molar-refractivity contribution in [1.82, 2.24) is 15.5 Å². The molecule has 1 amide bonds. The third-order valence-electron chi connectivity index (χ3n) is 7.24. The van der Waals surface area contributed by atoms with Gasteiger partial charge in [-0.15, -0.1) is 0 Å². The molecule has 0 aromatic carbocycles. The number of methoxy groups -OCH3 is 1. The first-order valence-corrected chi connectivity index (χ1v) is 11.7. The summed E-state index contributed by atoms with van der Waals surface area (Å²) in [7, 11) is 1.65. The van der Waals surface area contributed by atoms with Gasteiger partial charge in [0.15, 0.2) is 5.82 Å². The normalized spacial score (nSPS) is 35.7. The van der Waals surface area contributed by atoms with Gasteiger partial charge >= 0.3 is 11.8 Å². The average molecular weight is 466 g/mol. The van der Waals surface area contributed by atoms with E-state index in [2.05, 4.69) is 46.8 Å². The van der Waals surface area contributed by atoms with E-state index in [0.29, 0.717) is 31.7 Å². The molecular formula is C23H35N3O7. The van der Waals surface area contributed by atoms with Crippen molar-refractivity contribution in [2.45, 2.75) is 95.4 Å². The lowest BCUT2D eigenvalue weighted by Gasteiger charge is -2.42. The van der Waals surface area contributed by atoms with E-state index in [-0.39, 0.29) is 35.4 Å². The number of ether oxygens (including phenoxy) is 4. The Hall–Kier alpha value is -2.17. The van der Waals surface area contributed by atoms with Gasteiger partial charge in [-0.1, -0.05) is 23.7 Å². The summed E-state index contributed by atoms with van der Waals surface area (Å²) < 4.78 is 28.5. The average Bonchev–Trinajstić information content (AvgIpc) is 3.64. The minimum Gasteiger partial charge on any atom is -0.443 e. The van der Waals surface area contributed by atoms with Crippen molar-refractivity contribution in [3.63, 3.8) is 0 Å². The number of alkyl carbamates (subject to hydrolysis) is 1. The number of nitrogens with zero attached hydrogens (tertiary/aromatic N) is 1. The van der Waals surface area contributed by atoms with Crippen molar-refractivity contribution in [3.8, 4) is 0 Å². The Morgan fingerprint density at radius 2 is 2.18 bits per heavy atom. The van der Waals surface area contributed by atoms with E-state index in [1.807, 2.05) is 6.92 Å². The molecule has 0 bridgehead atoms. The molecule has 3 fully saturated rings. The van der Waals surface area contributed by atoms with Gasteiger partial charge in [0.25, 0.3) is 0 Å². The molecule has 0 radical (unpaired) electrons. The molecule has 1 spiro atoms. The summed E-state index contributed by atoms with van der Waals surface area (Å²) in [5.41, 5.74) is 0.609. The Morgan fingerprint density at radius 3 is 2.76 bits per heavy atom. The van der Waals surface area contributed by atoms with Crippen LogP contribution in [-0.4, -0.2) is 65.5 Å². The fraction of sp³-hybridized carbons (Fsp3) is 0.783. The number of amides is 1. The number of rotatable bonds is 9. The third kappa shape index (κ3) is 5.02. The summed E-state index contributed by atoms with van der Waals surface area (Å²) in [5, 5.41) is 6.54. The van der Waals surface area contributed by atoms with Gasteiger partial charge in [0, 0.05) is 19.6 Å². The molecule has 7 atom stereocenters. The molecule has 3 heterocycles. The summed E-state index contributed by atoms with van der Waals surface area (Å²) in [6.45, 7) is 8.89. The molecule has 1 aromatic rings. The van der Waals surface area contributed by atoms with Crippen LogP contribution in [0.15, 0.2) is 21.0 Å². The number of epoxide rings is 2. The molecule has 0 unspecified atom stereocenters. The van der Waals surface area contributed by atoms with Gasteiger partial charge in [0.05, 0.1) is 18.6 Å².